The monoisotopic (exact) mass is 482 g/mol. The van der Waals surface area contributed by atoms with Crippen molar-refractivity contribution >= 4 is 28.9 Å². The maximum atomic E-state index is 6.36. The number of halogens is 1. The van der Waals surface area contributed by atoms with Crippen LogP contribution in [0.5, 0.6) is 5.75 Å². The first-order valence-corrected chi connectivity index (χ1v) is 12.1. The summed E-state index contributed by atoms with van der Waals surface area (Å²) in [5.74, 6) is 1.96. The smallest absolute Gasteiger partial charge is 0.225 e. The predicted octanol–water partition coefficient (Wildman–Crippen LogP) is 4.09. The van der Waals surface area contributed by atoms with Crippen molar-refractivity contribution in [1.82, 2.24) is 35.2 Å². The van der Waals surface area contributed by atoms with Crippen LogP contribution in [0.2, 0.25) is 5.02 Å². The van der Waals surface area contributed by atoms with Crippen LogP contribution < -0.4 is 9.64 Å². The second kappa shape index (κ2) is 9.80. The molecule has 5 rings (SSSR count). The minimum Gasteiger partial charge on any atom is -0.487 e. The van der Waals surface area contributed by atoms with Crippen molar-refractivity contribution in [2.24, 2.45) is 0 Å². The van der Waals surface area contributed by atoms with Crippen molar-refractivity contribution in [3.05, 3.63) is 63.6 Å². The Bertz CT molecular complexity index is 1190. The number of aromatic nitrogens is 7. The molecule has 4 heterocycles. The van der Waals surface area contributed by atoms with Gasteiger partial charge in [0.2, 0.25) is 5.95 Å². The largest absolute Gasteiger partial charge is 0.487 e. The molecule has 170 valence electrons. The maximum Gasteiger partial charge on any atom is 0.225 e. The second-order valence-corrected chi connectivity index (χ2v) is 9.14. The summed E-state index contributed by atoms with van der Waals surface area (Å²) in [6.07, 6.45) is 8.39. The quantitative estimate of drug-likeness (QED) is 0.388. The molecule has 4 aromatic rings. The summed E-state index contributed by atoms with van der Waals surface area (Å²) < 4.78 is 7.42. The Balaban J connectivity index is 1.15. The van der Waals surface area contributed by atoms with Crippen molar-refractivity contribution in [3.8, 4) is 11.4 Å². The molecule has 1 aliphatic heterocycles. The molecule has 1 aliphatic rings. The highest BCUT2D eigenvalue weighted by molar-refractivity contribution is 7.09. The third-order valence-corrected chi connectivity index (χ3v) is 7.06. The predicted molar refractivity (Wildman–Crippen MR) is 126 cm³/mol. The first-order chi connectivity index (χ1) is 16.2. The van der Waals surface area contributed by atoms with Crippen molar-refractivity contribution in [2.45, 2.75) is 38.7 Å². The summed E-state index contributed by atoms with van der Waals surface area (Å²) in [4.78, 5) is 16.1. The summed E-state index contributed by atoms with van der Waals surface area (Å²) in [5.41, 5.74) is 2.79. The van der Waals surface area contributed by atoms with Crippen molar-refractivity contribution in [1.29, 1.82) is 0 Å². The molecule has 0 saturated carbocycles. The van der Waals surface area contributed by atoms with Gasteiger partial charge in [-0.25, -0.2) is 15.0 Å². The first-order valence-electron chi connectivity index (χ1n) is 10.9. The number of hydrogen-bond acceptors (Lipinski definition) is 9. The molecule has 0 N–H and O–H groups in total. The third kappa shape index (κ3) is 4.96. The summed E-state index contributed by atoms with van der Waals surface area (Å²) >= 11 is 8.06. The summed E-state index contributed by atoms with van der Waals surface area (Å²) in [6.45, 7) is 4.38. The molecule has 1 fully saturated rings. The van der Waals surface area contributed by atoms with Crippen LogP contribution in [0.25, 0.3) is 5.69 Å². The molecular formula is C22H23ClN8OS. The Morgan fingerprint density at radius 3 is 2.70 bits per heavy atom. The number of nitrogens with zero attached hydrogens (tertiary/aromatic N) is 8. The van der Waals surface area contributed by atoms with Crippen LogP contribution >= 0.6 is 22.9 Å². The average molecular weight is 483 g/mol. The van der Waals surface area contributed by atoms with E-state index in [1.807, 2.05) is 24.5 Å². The Morgan fingerprint density at radius 2 is 2.00 bits per heavy atom. The number of thiazole rings is 1. The van der Waals surface area contributed by atoms with Crippen LogP contribution in [0.3, 0.4) is 0 Å². The van der Waals surface area contributed by atoms with Crippen LogP contribution in [0.15, 0.2) is 42.3 Å². The van der Waals surface area contributed by atoms with E-state index in [1.54, 1.807) is 17.4 Å². The normalized spacial score (nSPS) is 14.5. The van der Waals surface area contributed by atoms with Gasteiger partial charge in [0.25, 0.3) is 0 Å². The van der Waals surface area contributed by atoms with E-state index in [0.29, 0.717) is 29.0 Å². The SMILES string of the molecule is CCc1cnc(N2CCC(c3nc(COc4ccc(-n5cnnn5)c(Cl)c4)cs3)CC2)nc1. The van der Waals surface area contributed by atoms with Gasteiger partial charge in [-0.3, -0.25) is 0 Å². The van der Waals surface area contributed by atoms with Gasteiger partial charge >= 0.3 is 0 Å². The van der Waals surface area contributed by atoms with E-state index >= 15 is 0 Å². The van der Waals surface area contributed by atoms with E-state index in [2.05, 4.69) is 42.7 Å². The van der Waals surface area contributed by atoms with Crippen molar-refractivity contribution in [3.63, 3.8) is 0 Å². The van der Waals surface area contributed by atoms with Crippen LogP contribution in [0, 0.1) is 0 Å². The maximum absolute atomic E-state index is 6.36. The molecule has 0 bridgehead atoms. The molecule has 0 spiro atoms. The van der Waals surface area contributed by atoms with Gasteiger partial charge in [-0.05, 0) is 47.4 Å². The molecule has 11 heteroatoms. The van der Waals surface area contributed by atoms with Crippen LogP contribution in [-0.4, -0.2) is 48.2 Å². The van der Waals surface area contributed by atoms with E-state index in [4.69, 9.17) is 21.3 Å². The number of piperidine rings is 1. The Morgan fingerprint density at radius 1 is 1.18 bits per heavy atom. The van der Waals surface area contributed by atoms with E-state index in [0.717, 1.165) is 49.6 Å². The highest BCUT2D eigenvalue weighted by Crippen LogP contribution is 2.32. The second-order valence-electron chi connectivity index (χ2n) is 7.84. The van der Waals surface area contributed by atoms with Crippen molar-refractivity contribution < 1.29 is 4.74 Å². The Kier molecular flexibility index (Phi) is 6.45. The molecule has 33 heavy (non-hydrogen) atoms. The fourth-order valence-electron chi connectivity index (χ4n) is 3.79. The number of anilines is 1. The zero-order valence-corrected chi connectivity index (χ0v) is 19.7. The zero-order chi connectivity index (χ0) is 22.6. The van der Waals surface area contributed by atoms with Crippen LogP contribution in [0.4, 0.5) is 5.95 Å². The van der Waals surface area contributed by atoms with Gasteiger partial charge in [0, 0.05) is 42.8 Å². The molecule has 0 aliphatic carbocycles. The zero-order valence-electron chi connectivity index (χ0n) is 18.1. The summed E-state index contributed by atoms with van der Waals surface area (Å²) in [7, 11) is 0. The lowest BCUT2D eigenvalue weighted by Crippen LogP contribution is -2.34. The number of hydrogen-bond donors (Lipinski definition) is 0. The molecule has 0 amide bonds. The number of rotatable bonds is 7. The number of ether oxygens (including phenoxy) is 1. The molecule has 0 unspecified atom stereocenters. The van der Waals surface area contributed by atoms with Gasteiger partial charge in [-0.2, -0.15) is 4.68 Å². The molecule has 3 aromatic heterocycles. The van der Waals surface area contributed by atoms with Gasteiger partial charge in [-0.1, -0.05) is 18.5 Å². The molecule has 0 radical (unpaired) electrons. The van der Waals surface area contributed by atoms with Gasteiger partial charge in [-0.15, -0.1) is 16.4 Å². The lowest BCUT2D eigenvalue weighted by atomic mass is 9.98. The van der Waals surface area contributed by atoms with E-state index in [1.165, 1.54) is 16.0 Å². The van der Waals surface area contributed by atoms with Gasteiger partial charge in [0.1, 0.15) is 18.7 Å². The topological polar surface area (TPSA) is 94.7 Å². The third-order valence-electron chi connectivity index (χ3n) is 5.70. The molecular weight excluding hydrogens is 460 g/mol. The van der Waals surface area contributed by atoms with Gasteiger partial charge < -0.3 is 9.64 Å². The molecule has 1 saturated heterocycles. The fourth-order valence-corrected chi connectivity index (χ4v) is 5.02. The highest BCUT2D eigenvalue weighted by Gasteiger charge is 2.24. The van der Waals surface area contributed by atoms with Crippen molar-refractivity contribution in [2.75, 3.05) is 18.0 Å². The Labute approximate surface area is 200 Å². The highest BCUT2D eigenvalue weighted by atomic mass is 35.5. The minimum absolute atomic E-state index is 0.396. The van der Waals surface area contributed by atoms with E-state index in [9.17, 15) is 0 Å². The number of benzene rings is 1. The molecule has 1 aromatic carbocycles. The average Bonchev–Trinajstić information content (AvgIpc) is 3.56. The van der Waals surface area contributed by atoms with E-state index < -0.39 is 0 Å². The number of aryl methyl sites for hydroxylation is 1. The standard InChI is InChI=1S/C22H23ClN8OS/c1-2-15-10-24-22(25-11-15)30-7-5-16(6-8-30)21-27-17(13-33-21)12-32-18-3-4-20(19(23)9-18)31-14-26-28-29-31/h3-4,9-11,13-14,16H,2,5-8,12H2,1H3. The summed E-state index contributed by atoms with van der Waals surface area (Å²) in [6, 6.07) is 5.44. The lowest BCUT2D eigenvalue weighted by molar-refractivity contribution is 0.301. The fraction of sp³-hybridized carbons (Fsp3) is 0.364. The lowest BCUT2D eigenvalue weighted by Gasteiger charge is -2.31. The van der Waals surface area contributed by atoms with Gasteiger partial charge in [0.05, 0.1) is 21.4 Å². The van der Waals surface area contributed by atoms with E-state index in [-0.39, 0.29) is 0 Å². The molecule has 9 nitrogen and oxygen atoms in total. The summed E-state index contributed by atoms with van der Waals surface area (Å²) in [5, 5.41) is 14.9. The first kappa shape index (κ1) is 21.7. The van der Waals surface area contributed by atoms with Crippen LogP contribution in [-0.2, 0) is 13.0 Å². The number of tetrazole rings is 1. The minimum atomic E-state index is 0.396. The van der Waals surface area contributed by atoms with Gasteiger partial charge in [0.15, 0.2) is 0 Å². The Hall–Kier alpha value is -3.11. The molecule has 0 atom stereocenters. The van der Waals surface area contributed by atoms with Crippen LogP contribution in [0.1, 0.15) is 41.9 Å².